The second-order valence-electron chi connectivity index (χ2n) is 5.07. The van der Waals surface area contributed by atoms with Crippen LogP contribution in [0.1, 0.15) is 24.2 Å². The minimum absolute atomic E-state index is 0.124. The molecule has 0 aliphatic heterocycles. The molecule has 0 aliphatic rings. The number of nitriles is 3. The van der Waals surface area contributed by atoms with Crippen LogP contribution in [-0.4, -0.2) is 37.0 Å². The lowest BCUT2D eigenvalue weighted by Crippen LogP contribution is -2.34. The van der Waals surface area contributed by atoms with Gasteiger partial charge in [-0.05, 0) is 37.4 Å². The minimum atomic E-state index is -0.291. The summed E-state index contributed by atoms with van der Waals surface area (Å²) in [4.78, 5) is 14.3. The van der Waals surface area contributed by atoms with Crippen molar-refractivity contribution < 1.29 is 4.79 Å². The molecule has 25 heavy (non-hydrogen) atoms. The molecule has 0 aromatic heterocycles. The van der Waals surface area contributed by atoms with Crippen molar-refractivity contribution in [3.8, 4) is 18.2 Å². The molecule has 0 atom stereocenters. The van der Waals surface area contributed by atoms with Gasteiger partial charge in [-0.1, -0.05) is 13.8 Å². The molecule has 1 amide bonds. The van der Waals surface area contributed by atoms with E-state index >= 15 is 0 Å². The Hall–Kier alpha value is -3.34. The maximum atomic E-state index is 12.1. The van der Waals surface area contributed by atoms with Gasteiger partial charge in [0.25, 0.3) is 5.91 Å². The first-order chi connectivity index (χ1) is 12.1. The lowest BCUT2D eigenvalue weighted by molar-refractivity contribution is 0.0949. The van der Waals surface area contributed by atoms with Crippen molar-refractivity contribution in [3.05, 3.63) is 41.1 Å². The molecule has 0 unspecified atom stereocenters. The van der Waals surface area contributed by atoms with Gasteiger partial charge in [0.1, 0.15) is 23.9 Å². The number of rotatable bonds is 8. The van der Waals surface area contributed by atoms with Crippen LogP contribution in [0.25, 0.3) is 0 Å². The zero-order chi connectivity index (χ0) is 18.7. The van der Waals surface area contributed by atoms with Crippen LogP contribution in [0.5, 0.6) is 0 Å². The third-order valence-electron chi connectivity index (χ3n) is 3.61. The summed E-state index contributed by atoms with van der Waals surface area (Å²) in [6.45, 7) is 7.38. The Morgan fingerprint density at radius 1 is 1.04 bits per heavy atom. The third kappa shape index (κ3) is 5.99. The Bertz CT molecular complexity index is 726. The quantitative estimate of drug-likeness (QED) is 0.701. The summed E-state index contributed by atoms with van der Waals surface area (Å²) in [6, 6.07) is 11.6. The van der Waals surface area contributed by atoms with Crippen molar-refractivity contribution in [2.45, 2.75) is 13.8 Å². The Morgan fingerprint density at radius 2 is 1.64 bits per heavy atom. The monoisotopic (exact) mass is 336 g/mol. The van der Waals surface area contributed by atoms with E-state index in [0.717, 1.165) is 19.6 Å². The van der Waals surface area contributed by atoms with Crippen LogP contribution in [0, 0.1) is 34.0 Å². The Kier molecular flexibility index (Phi) is 8.23. The maximum absolute atomic E-state index is 12.1. The summed E-state index contributed by atoms with van der Waals surface area (Å²) in [7, 11) is 0. The molecule has 1 aromatic rings. The first-order valence-electron chi connectivity index (χ1n) is 7.91. The van der Waals surface area contributed by atoms with Crippen molar-refractivity contribution in [3.63, 3.8) is 0 Å². The van der Waals surface area contributed by atoms with E-state index in [1.165, 1.54) is 0 Å². The molecule has 0 heterocycles. The minimum Gasteiger partial charge on any atom is -0.351 e. The molecule has 0 spiro atoms. The fourth-order valence-corrected chi connectivity index (χ4v) is 2.10. The number of nitrogens with zero attached hydrogens (tertiary/aromatic N) is 4. The molecule has 0 aliphatic carbocycles. The number of benzene rings is 1. The molecule has 0 saturated heterocycles. The molecular weight excluding hydrogens is 316 g/mol. The van der Waals surface area contributed by atoms with Gasteiger partial charge in [0.2, 0.25) is 0 Å². The van der Waals surface area contributed by atoms with E-state index in [0.29, 0.717) is 17.8 Å². The zero-order valence-corrected chi connectivity index (χ0v) is 14.3. The van der Waals surface area contributed by atoms with Crippen LogP contribution in [0.3, 0.4) is 0 Å². The molecule has 0 radical (unpaired) electrons. The van der Waals surface area contributed by atoms with Crippen molar-refractivity contribution in [1.29, 1.82) is 15.8 Å². The lowest BCUT2D eigenvalue weighted by Gasteiger charge is -2.18. The van der Waals surface area contributed by atoms with Gasteiger partial charge in [-0.3, -0.25) is 4.79 Å². The van der Waals surface area contributed by atoms with E-state index in [4.69, 9.17) is 15.8 Å². The summed E-state index contributed by atoms with van der Waals surface area (Å²) < 4.78 is 0. The lowest BCUT2D eigenvalue weighted by atomic mass is 10.1. The highest BCUT2D eigenvalue weighted by molar-refractivity contribution is 5.94. The van der Waals surface area contributed by atoms with Crippen molar-refractivity contribution in [1.82, 2.24) is 10.2 Å². The van der Waals surface area contributed by atoms with Gasteiger partial charge in [-0.2, -0.15) is 15.8 Å². The fraction of sp³-hybridized carbons (Fsp3) is 0.333. The molecule has 7 nitrogen and oxygen atoms in total. The van der Waals surface area contributed by atoms with E-state index in [-0.39, 0.29) is 17.2 Å². The smallest absolute Gasteiger partial charge is 0.251 e. The molecule has 2 N–H and O–H groups in total. The second kappa shape index (κ2) is 10.4. The summed E-state index contributed by atoms with van der Waals surface area (Å²) in [5, 5.41) is 32.2. The summed E-state index contributed by atoms with van der Waals surface area (Å²) >= 11 is 0. The van der Waals surface area contributed by atoms with Crippen LogP contribution in [0.15, 0.2) is 35.5 Å². The average molecular weight is 336 g/mol. The van der Waals surface area contributed by atoms with E-state index in [1.807, 2.05) is 0 Å². The van der Waals surface area contributed by atoms with E-state index in [9.17, 15) is 4.79 Å². The van der Waals surface area contributed by atoms with Crippen molar-refractivity contribution in [2.75, 3.05) is 31.5 Å². The molecule has 0 fully saturated rings. The average Bonchev–Trinajstić information content (AvgIpc) is 2.65. The molecule has 0 saturated carbocycles. The van der Waals surface area contributed by atoms with Gasteiger partial charge in [-0.25, -0.2) is 0 Å². The normalized spacial score (nSPS) is 9.44. The third-order valence-corrected chi connectivity index (χ3v) is 3.61. The Balaban J connectivity index is 2.69. The molecule has 7 heteroatoms. The van der Waals surface area contributed by atoms with Crippen LogP contribution < -0.4 is 10.6 Å². The van der Waals surface area contributed by atoms with Crippen LogP contribution >= 0.6 is 0 Å². The summed E-state index contributed by atoms with van der Waals surface area (Å²) in [6.07, 6.45) is 0. The van der Waals surface area contributed by atoms with Crippen molar-refractivity contribution >= 4 is 11.6 Å². The van der Waals surface area contributed by atoms with Gasteiger partial charge in [0.05, 0.1) is 0 Å². The molecule has 1 aromatic carbocycles. The Labute approximate surface area is 147 Å². The SMILES string of the molecule is CCN(CC)CCNC(=O)c1ccc(NC(C#N)=C(C#N)C#N)cc1. The number of allylic oxidation sites excluding steroid dienone is 2. The molecule has 1 rings (SSSR count). The highest BCUT2D eigenvalue weighted by Crippen LogP contribution is 2.13. The van der Waals surface area contributed by atoms with Gasteiger partial charge >= 0.3 is 0 Å². The summed E-state index contributed by atoms with van der Waals surface area (Å²) in [5.41, 5.74) is 0.592. The van der Waals surface area contributed by atoms with Gasteiger partial charge in [-0.15, -0.1) is 0 Å². The van der Waals surface area contributed by atoms with Crippen LogP contribution in [-0.2, 0) is 0 Å². The van der Waals surface area contributed by atoms with Gasteiger partial charge in [0, 0.05) is 24.3 Å². The molecule has 0 bridgehead atoms. The molecular formula is C18H20N6O. The van der Waals surface area contributed by atoms with E-state index in [1.54, 1.807) is 42.5 Å². The first-order valence-corrected chi connectivity index (χ1v) is 7.91. The zero-order valence-electron chi connectivity index (χ0n) is 14.3. The van der Waals surface area contributed by atoms with Crippen molar-refractivity contribution in [2.24, 2.45) is 0 Å². The van der Waals surface area contributed by atoms with E-state index in [2.05, 4.69) is 29.4 Å². The summed E-state index contributed by atoms with van der Waals surface area (Å²) in [5.74, 6) is -0.176. The number of carbonyl (C=O) groups is 1. The predicted octanol–water partition coefficient (Wildman–Crippen LogP) is 1.99. The van der Waals surface area contributed by atoms with E-state index < -0.39 is 0 Å². The fourth-order valence-electron chi connectivity index (χ4n) is 2.10. The predicted molar refractivity (Wildman–Crippen MR) is 94.1 cm³/mol. The first kappa shape index (κ1) is 19.7. The van der Waals surface area contributed by atoms with Gasteiger partial charge in [0.15, 0.2) is 5.57 Å². The van der Waals surface area contributed by atoms with Crippen LogP contribution in [0.4, 0.5) is 5.69 Å². The largest absolute Gasteiger partial charge is 0.351 e. The van der Waals surface area contributed by atoms with Gasteiger partial charge < -0.3 is 15.5 Å². The molecule has 128 valence electrons. The number of amides is 1. The number of hydrogen-bond donors (Lipinski definition) is 2. The maximum Gasteiger partial charge on any atom is 0.251 e. The number of nitrogens with one attached hydrogen (secondary N) is 2. The highest BCUT2D eigenvalue weighted by Gasteiger charge is 2.08. The topological polar surface area (TPSA) is 116 Å². The highest BCUT2D eigenvalue weighted by atomic mass is 16.1. The number of hydrogen-bond acceptors (Lipinski definition) is 6. The number of anilines is 1. The Morgan fingerprint density at radius 3 is 2.12 bits per heavy atom. The second-order valence-corrected chi connectivity index (χ2v) is 5.07. The number of likely N-dealkylation sites (N-methyl/N-ethyl adjacent to an activating group) is 1. The number of carbonyl (C=O) groups excluding carboxylic acids is 1. The van der Waals surface area contributed by atoms with Crippen LogP contribution in [0.2, 0.25) is 0 Å². The standard InChI is InChI=1S/C18H20N6O/c1-3-24(4-2)10-9-22-18(25)14-5-7-16(8-6-14)23-17(13-21)15(11-19)12-20/h5-8,23H,3-4,9-10H2,1-2H3,(H,22,25).